The minimum Gasteiger partial charge on any atom is -0.477 e. The van der Waals surface area contributed by atoms with Crippen LogP contribution >= 0.6 is 11.3 Å². The van der Waals surface area contributed by atoms with Crippen LogP contribution in [0.3, 0.4) is 0 Å². The molecule has 3 N–H and O–H groups in total. The zero-order valence-electron chi connectivity index (χ0n) is 11.9. The fourth-order valence-corrected chi connectivity index (χ4v) is 3.16. The Morgan fingerprint density at radius 2 is 2.14 bits per heavy atom. The highest BCUT2D eigenvalue weighted by Gasteiger charge is 2.20. The zero-order chi connectivity index (χ0) is 15.6. The molecule has 1 aromatic heterocycles. The third kappa shape index (κ3) is 3.40. The van der Waals surface area contributed by atoms with Gasteiger partial charge in [-0.25, -0.2) is 9.18 Å². The summed E-state index contributed by atoms with van der Waals surface area (Å²) in [5.74, 6) is -1.37. The highest BCUT2D eigenvalue weighted by molar-refractivity contribution is 7.21. The van der Waals surface area contributed by atoms with Gasteiger partial charge in [0.25, 0.3) is 0 Å². The number of hydrogen-bond acceptors (Lipinski definition) is 4. The number of nitrogens with one attached hydrogen (secondary N) is 1. The van der Waals surface area contributed by atoms with Crippen LogP contribution in [0.15, 0.2) is 18.2 Å². The van der Waals surface area contributed by atoms with E-state index in [2.05, 4.69) is 5.32 Å². The summed E-state index contributed by atoms with van der Waals surface area (Å²) in [5, 5.41) is 22.4. The fraction of sp³-hybridized carbons (Fsp3) is 0.400. The molecule has 1 aromatic carbocycles. The van der Waals surface area contributed by atoms with E-state index < -0.39 is 17.9 Å². The van der Waals surface area contributed by atoms with E-state index in [-0.39, 0.29) is 17.3 Å². The van der Waals surface area contributed by atoms with Crippen LogP contribution in [0.5, 0.6) is 0 Å². The number of rotatable bonds is 6. The monoisotopic (exact) mass is 311 g/mol. The lowest BCUT2D eigenvalue weighted by atomic mass is 10.1. The number of carboxylic acids is 1. The van der Waals surface area contributed by atoms with Crippen LogP contribution in [0, 0.1) is 11.7 Å². The van der Waals surface area contributed by atoms with E-state index >= 15 is 0 Å². The summed E-state index contributed by atoms with van der Waals surface area (Å²) in [7, 11) is 0. The molecule has 1 heterocycles. The maximum absolute atomic E-state index is 14.0. The number of hydrogen-bond donors (Lipinski definition) is 3. The molecule has 6 heteroatoms. The molecule has 0 saturated heterocycles. The summed E-state index contributed by atoms with van der Waals surface area (Å²) in [6.07, 6.45) is -0.520. The number of aliphatic hydroxyl groups excluding tert-OH is 1. The summed E-state index contributed by atoms with van der Waals surface area (Å²) in [6, 6.07) is 4.61. The van der Waals surface area contributed by atoms with Crippen molar-refractivity contribution in [3.8, 4) is 0 Å². The molecular weight excluding hydrogens is 293 g/mol. The van der Waals surface area contributed by atoms with Crippen LogP contribution in [-0.2, 0) is 6.54 Å². The smallest absolute Gasteiger partial charge is 0.346 e. The van der Waals surface area contributed by atoms with Crippen molar-refractivity contribution in [3.63, 3.8) is 0 Å². The van der Waals surface area contributed by atoms with Crippen molar-refractivity contribution in [2.24, 2.45) is 5.92 Å². The van der Waals surface area contributed by atoms with Gasteiger partial charge in [-0.3, -0.25) is 0 Å². The van der Waals surface area contributed by atoms with E-state index in [1.54, 1.807) is 12.1 Å². The van der Waals surface area contributed by atoms with E-state index in [9.17, 15) is 19.4 Å². The molecule has 1 unspecified atom stereocenters. The summed E-state index contributed by atoms with van der Waals surface area (Å²) < 4.78 is 14.6. The molecule has 0 aliphatic carbocycles. The molecule has 0 saturated carbocycles. The van der Waals surface area contributed by atoms with Crippen molar-refractivity contribution in [1.82, 2.24) is 5.32 Å². The Hall–Kier alpha value is -1.50. The maximum Gasteiger partial charge on any atom is 0.346 e. The molecular formula is C15H18FNO3S. The van der Waals surface area contributed by atoms with Gasteiger partial charge < -0.3 is 15.5 Å². The van der Waals surface area contributed by atoms with Crippen molar-refractivity contribution in [3.05, 3.63) is 34.5 Å². The first-order valence-electron chi connectivity index (χ1n) is 6.73. The molecule has 0 amide bonds. The van der Waals surface area contributed by atoms with Gasteiger partial charge in [0.1, 0.15) is 10.7 Å². The van der Waals surface area contributed by atoms with Gasteiger partial charge in [-0.2, -0.15) is 0 Å². The molecule has 0 radical (unpaired) electrons. The Labute approximate surface area is 126 Å². The number of halogens is 1. The lowest BCUT2D eigenvalue weighted by Crippen LogP contribution is -2.30. The van der Waals surface area contributed by atoms with Crippen LogP contribution in [-0.4, -0.2) is 28.8 Å². The maximum atomic E-state index is 14.0. The number of benzene rings is 1. The number of carboxylic acid groups (broad SMARTS) is 1. The highest BCUT2D eigenvalue weighted by Crippen LogP contribution is 2.33. The van der Waals surface area contributed by atoms with Gasteiger partial charge in [-0.1, -0.05) is 19.9 Å². The SMILES string of the molecule is CC(C)C(O)CNCc1c(C(=O)O)sc2cccc(F)c12. The van der Waals surface area contributed by atoms with Gasteiger partial charge in [0.2, 0.25) is 0 Å². The number of thiophene rings is 1. The minimum atomic E-state index is -1.06. The predicted molar refractivity (Wildman–Crippen MR) is 81.3 cm³/mol. The Kier molecular flexibility index (Phi) is 4.92. The van der Waals surface area contributed by atoms with Gasteiger partial charge >= 0.3 is 5.97 Å². The summed E-state index contributed by atoms with van der Waals surface area (Å²) in [4.78, 5) is 11.5. The lowest BCUT2D eigenvalue weighted by Gasteiger charge is -2.15. The Bertz CT molecular complexity index is 654. The third-order valence-electron chi connectivity index (χ3n) is 3.38. The van der Waals surface area contributed by atoms with E-state index in [1.807, 2.05) is 13.8 Å². The van der Waals surface area contributed by atoms with Crippen molar-refractivity contribution in [2.45, 2.75) is 26.5 Å². The largest absolute Gasteiger partial charge is 0.477 e. The summed E-state index contributed by atoms with van der Waals surface area (Å²) in [6.45, 7) is 4.35. The molecule has 114 valence electrons. The first kappa shape index (κ1) is 15.9. The zero-order valence-corrected chi connectivity index (χ0v) is 12.7. The molecule has 0 aliphatic rings. The van der Waals surface area contributed by atoms with Crippen molar-refractivity contribution >= 4 is 27.4 Å². The van der Waals surface area contributed by atoms with E-state index in [0.717, 1.165) is 11.3 Å². The highest BCUT2D eigenvalue weighted by atomic mass is 32.1. The van der Waals surface area contributed by atoms with E-state index in [4.69, 9.17) is 0 Å². The van der Waals surface area contributed by atoms with Gasteiger partial charge in [0.15, 0.2) is 0 Å². The van der Waals surface area contributed by atoms with Crippen molar-refractivity contribution in [2.75, 3.05) is 6.54 Å². The standard InChI is InChI=1S/C15H18FNO3S/c1-8(2)11(18)7-17-6-9-13-10(16)4-3-5-12(13)21-14(9)15(19)20/h3-5,8,11,17-18H,6-7H2,1-2H3,(H,19,20). The lowest BCUT2D eigenvalue weighted by molar-refractivity contribution is 0.0701. The van der Waals surface area contributed by atoms with Gasteiger partial charge in [-0.15, -0.1) is 11.3 Å². The molecule has 0 fully saturated rings. The fourth-order valence-electron chi connectivity index (χ4n) is 2.09. The molecule has 4 nitrogen and oxygen atoms in total. The van der Waals surface area contributed by atoms with Crippen LogP contribution in [0.4, 0.5) is 4.39 Å². The second-order valence-electron chi connectivity index (χ2n) is 5.27. The minimum absolute atomic E-state index is 0.104. The molecule has 0 aliphatic heterocycles. The second-order valence-corrected chi connectivity index (χ2v) is 6.32. The van der Waals surface area contributed by atoms with Crippen LogP contribution in [0.1, 0.15) is 29.1 Å². The number of fused-ring (bicyclic) bond motifs is 1. The molecule has 2 rings (SSSR count). The van der Waals surface area contributed by atoms with E-state index in [0.29, 0.717) is 22.2 Å². The first-order valence-corrected chi connectivity index (χ1v) is 7.55. The first-order chi connectivity index (χ1) is 9.91. The molecule has 2 aromatic rings. The summed E-state index contributed by atoms with van der Waals surface area (Å²) >= 11 is 1.07. The van der Waals surface area contributed by atoms with Crippen LogP contribution in [0.2, 0.25) is 0 Å². The molecule has 21 heavy (non-hydrogen) atoms. The number of aliphatic hydroxyl groups is 1. The number of aromatic carboxylic acids is 1. The Morgan fingerprint density at radius 3 is 2.76 bits per heavy atom. The van der Waals surface area contributed by atoms with Crippen molar-refractivity contribution < 1.29 is 19.4 Å². The Morgan fingerprint density at radius 1 is 1.43 bits per heavy atom. The molecule has 1 atom stereocenters. The predicted octanol–water partition coefficient (Wildman–Crippen LogP) is 2.85. The van der Waals surface area contributed by atoms with Crippen LogP contribution in [0.25, 0.3) is 10.1 Å². The van der Waals surface area contributed by atoms with Crippen LogP contribution < -0.4 is 5.32 Å². The van der Waals surface area contributed by atoms with E-state index in [1.165, 1.54) is 6.07 Å². The van der Waals surface area contributed by atoms with Crippen molar-refractivity contribution in [1.29, 1.82) is 0 Å². The normalized spacial score (nSPS) is 13.0. The topological polar surface area (TPSA) is 69.6 Å². The third-order valence-corrected chi connectivity index (χ3v) is 4.57. The quantitative estimate of drug-likeness (QED) is 0.767. The second kappa shape index (κ2) is 6.51. The van der Waals surface area contributed by atoms with Gasteiger partial charge in [-0.05, 0) is 18.1 Å². The van der Waals surface area contributed by atoms with Gasteiger partial charge in [0, 0.05) is 28.7 Å². The summed E-state index contributed by atoms with van der Waals surface area (Å²) in [5.41, 5.74) is 0.441. The number of carbonyl (C=O) groups is 1. The Balaban J connectivity index is 2.28. The molecule has 0 spiro atoms. The molecule has 0 bridgehead atoms. The average molecular weight is 311 g/mol. The van der Waals surface area contributed by atoms with Gasteiger partial charge in [0.05, 0.1) is 6.10 Å². The average Bonchev–Trinajstić information content (AvgIpc) is 2.79.